The van der Waals surface area contributed by atoms with Gasteiger partial charge in [0.25, 0.3) is 0 Å². The Hall–Kier alpha value is 0.177. The molecule has 1 N–H and O–H groups in total. The van der Waals surface area contributed by atoms with Crippen molar-refractivity contribution in [2.45, 2.75) is 38.9 Å². The minimum atomic E-state index is 0.148. The van der Waals surface area contributed by atoms with E-state index in [9.17, 15) is 0 Å². The molecule has 0 radical (unpaired) electrons. The van der Waals surface area contributed by atoms with Crippen LogP contribution in [0.25, 0.3) is 0 Å². The predicted molar refractivity (Wildman–Crippen MR) is 46.8 cm³/mol. The maximum Gasteiger partial charge on any atom is 0.0426 e. The molecule has 56 valence electrons. The summed E-state index contributed by atoms with van der Waals surface area (Å²) in [6.07, 6.45) is 0. The summed E-state index contributed by atoms with van der Waals surface area (Å²) in [4.78, 5) is 0. The van der Waals surface area contributed by atoms with Crippen molar-refractivity contribution in [1.29, 1.82) is 0 Å². The molecule has 0 amide bonds. The molecule has 0 rings (SSSR count). The van der Waals surface area contributed by atoms with Gasteiger partial charge in [0.2, 0.25) is 0 Å². The van der Waals surface area contributed by atoms with E-state index in [-0.39, 0.29) is 9.52 Å². The van der Waals surface area contributed by atoms with Gasteiger partial charge in [0.15, 0.2) is 0 Å². The largest absolute Gasteiger partial charge is 0.318 e. The molecule has 1 nitrogen and oxygen atoms in total. The second-order valence-electron chi connectivity index (χ2n) is 3.09. The minimum Gasteiger partial charge on any atom is -0.318 e. The molecule has 1 atom stereocenters. The third-order valence-electron chi connectivity index (χ3n) is 1.38. The van der Waals surface area contributed by atoms with Gasteiger partial charge in [-0.25, -0.2) is 0 Å². The second kappa shape index (κ2) is 5.00. The van der Waals surface area contributed by atoms with Crippen molar-refractivity contribution < 1.29 is 0 Å². The molecule has 0 aromatic rings. The smallest absolute Gasteiger partial charge is 0.0426 e. The lowest BCUT2D eigenvalue weighted by atomic mass is 10.6. The zero-order valence-corrected chi connectivity index (χ0v) is 8.48. The average Bonchev–Trinajstić information content (AvgIpc) is 1.63. The van der Waals surface area contributed by atoms with Crippen LogP contribution in [0.15, 0.2) is 0 Å². The zero-order chi connectivity index (χ0) is 7.28. The number of nitrogens with one attached hydrogen (secondary N) is 1. The molecule has 0 spiro atoms. The molecule has 1 unspecified atom stereocenters. The summed E-state index contributed by atoms with van der Waals surface area (Å²) < 4.78 is 0. The van der Waals surface area contributed by atoms with Gasteiger partial charge in [-0.2, -0.15) is 0 Å². The van der Waals surface area contributed by atoms with Crippen LogP contribution in [0.3, 0.4) is 0 Å². The van der Waals surface area contributed by atoms with E-state index in [1.807, 2.05) is 0 Å². The topological polar surface area (TPSA) is 12.0 Å². The molecule has 0 bridgehead atoms. The Kier molecular flexibility index (Phi) is 5.10. The van der Waals surface area contributed by atoms with Crippen molar-refractivity contribution >= 4 is 9.52 Å². The van der Waals surface area contributed by atoms with E-state index < -0.39 is 0 Å². The third kappa shape index (κ3) is 6.06. The van der Waals surface area contributed by atoms with Crippen molar-refractivity contribution in [3.63, 3.8) is 0 Å². The quantitative estimate of drug-likeness (QED) is 0.581. The molecule has 0 aliphatic heterocycles. The molecule has 9 heavy (non-hydrogen) atoms. The first-order chi connectivity index (χ1) is 4.16. The van der Waals surface area contributed by atoms with Gasteiger partial charge < -0.3 is 5.32 Å². The van der Waals surface area contributed by atoms with E-state index in [1.165, 1.54) is 0 Å². The molecule has 0 aliphatic rings. The maximum atomic E-state index is 3.44. The van der Waals surface area contributed by atoms with Gasteiger partial charge in [-0.1, -0.05) is 33.2 Å². The Morgan fingerprint density at radius 1 is 1.33 bits per heavy atom. The van der Waals surface area contributed by atoms with E-state index in [0.717, 1.165) is 17.8 Å². The van der Waals surface area contributed by atoms with Crippen molar-refractivity contribution in [2.24, 2.45) is 0 Å². The molecular formula is C7H19NSi. The van der Waals surface area contributed by atoms with Crippen LogP contribution in [0.2, 0.25) is 5.54 Å². The molecule has 0 aliphatic carbocycles. The van der Waals surface area contributed by atoms with Gasteiger partial charge in [0.1, 0.15) is 0 Å². The number of hydrogen-bond donors (Lipinski definition) is 1. The summed E-state index contributed by atoms with van der Waals surface area (Å²) in [5.74, 6) is 0. The highest BCUT2D eigenvalue weighted by molar-refractivity contribution is 6.39. The summed E-state index contributed by atoms with van der Waals surface area (Å²) in [6, 6.07) is 0. The summed E-state index contributed by atoms with van der Waals surface area (Å²) in [5.41, 5.74) is 1.79. The summed E-state index contributed by atoms with van der Waals surface area (Å²) >= 11 is 0. The highest BCUT2D eigenvalue weighted by atomic mass is 28.2. The predicted octanol–water partition coefficient (Wildman–Crippen LogP) is 0.939. The van der Waals surface area contributed by atoms with Crippen LogP contribution in [0.5, 0.6) is 0 Å². The molecule has 0 aromatic carbocycles. The van der Waals surface area contributed by atoms with Crippen LogP contribution < -0.4 is 5.32 Å². The zero-order valence-electron chi connectivity index (χ0n) is 7.07. The molecule has 0 heterocycles. The average molecular weight is 145 g/mol. The summed E-state index contributed by atoms with van der Waals surface area (Å²) in [6.45, 7) is 10.2. The summed E-state index contributed by atoms with van der Waals surface area (Å²) in [7, 11) is 0.148. The third-order valence-corrected chi connectivity index (χ3v) is 3.32. The van der Waals surface area contributed by atoms with E-state index in [0.29, 0.717) is 0 Å². The fourth-order valence-corrected chi connectivity index (χ4v) is 3.01. The Morgan fingerprint density at radius 2 is 1.89 bits per heavy atom. The lowest BCUT2D eigenvalue weighted by molar-refractivity contribution is 0.696. The first kappa shape index (κ1) is 9.18. The Bertz CT molecular complexity index is 63.9. The van der Waals surface area contributed by atoms with Gasteiger partial charge in [0.05, 0.1) is 0 Å². The van der Waals surface area contributed by atoms with Crippen molar-refractivity contribution in [3.8, 4) is 0 Å². The van der Waals surface area contributed by atoms with Crippen LogP contribution in [-0.4, -0.2) is 21.7 Å². The Morgan fingerprint density at radius 3 is 2.22 bits per heavy atom. The molecule has 0 saturated heterocycles. The van der Waals surface area contributed by atoms with Crippen LogP contribution >= 0.6 is 0 Å². The maximum absolute atomic E-state index is 3.44. The van der Waals surface area contributed by atoms with E-state index in [4.69, 9.17) is 0 Å². The lowest BCUT2D eigenvalue weighted by Gasteiger charge is -2.12. The van der Waals surface area contributed by atoms with Crippen LogP contribution in [0.4, 0.5) is 0 Å². The monoisotopic (exact) mass is 145 g/mol. The number of rotatable bonds is 4. The van der Waals surface area contributed by atoms with Gasteiger partial charge in [-0.3, -0.25) is 0 Å². The van der Waals surface area contributed by atoms with Gasteiger partial charge in [-0.05, 0) is 12.2 Å². The highest BCUT2D eigenvalue weighted by Gasteiger charge is 2.02. The van der Waals surface area contributed by atoms with E-state index in [1.54, 1.807) is 0 Å². The van der Waals surface area contributed by atoms with Gasteiger partial charge >= 0.3 is 0 Å². The minimum absolute atomic E-state index is 0.148. The fourth-order valence-electron chi connectivity index (χ4n) is 1.14. The van der Waals surface area contributed by atoms with Crippen molar-refractivity contribution in [2.75, 3.05) is 6.54 Å². The van der Waals surface area contributed by atoms with E-state index >= 15 is 0 Å². The molecular weight excluding hydrogens is 126 g/mol. The van der Waals surface area contributed by atoms with Crippen LogP contribution in [0, 0.1) is 0 Å². The fraction of sp³-hybridized carbons (Fsp3) is 1.00. The summed E-state index contributed by atoms with van der Waals surface area (Å²) in [5, 5.41) is 3.44. The van der Waals surface area contributed by atoms with Gasteiger partial charge in [0, 0.05) is 9.52 Å². The first-order valence-corrected chi connectivity index (χ1v) is 5.53. The Labute approximate surface area is 61.1 Å². The van der Waals surface area contributed by atoms with Crippen molar-refractivity contribution in [1.82, 2.24) is 5.32 Å². The normalized spacial score (nSPS) is 15.7. The highest BCUT2D eigenvalue weighted by Crippen LogP contribution is 1.98. The lowest BCUT2D eigenvalue weighted by Crippen LogP contribution is -2.32. The van der Waals surface area contributed by atoms with E-state index in [2.05, 4.69) is 33.0 Å². The standard InChI is InChI=1S/C7H19NSi/c1-5-8-7(4)9-6(2)3/h6-8H,5,9H2,1-4H3. The first-order valence-electron chi connectivity index (χ1n) is 3.90. The Balaban J connectivity index is 3.15. The molecule has 0 aromatic heterocycles. The van der Waals surface area contributed by atoms with Crippen LogP contribution in [-0.2, 0) is 0 Å². The molecule has 2 heteroatoms. The molecule has 0 saturated carbocycles. The van der Waals surface area contributed by atoms with Gasteiger partial charge in [-0.15, -0.1) is 0 Å². The SMILES string of the molecule is CCNC(C)[SiH2]C(C)C. The number of hydrogen-bond acceptors (Lipinski definition) is 1. The van der Waals surface area contributed by atoms with Crippen LogP contribution in [0.1, 0.15) is 27.7 Å². The molecule has 0 fully saturated rings. The second-order valence-corrected chi connectivity index (χ2v) is 6.42. The van der Waals surface area contributed by atoms with Crippen molar-refractivity contribution in [3.05, 3.63) is 0 Å².